The molecule has 0 radical (unpaired) electrons. The van der Waals surface area contributed by atoms with Gasteiger partial charge in [0.25, 0.3) is 0 Å². The van der Waals surface area contributed by atoms with Crippen LogP contribution in [0.2, 0.25) is 0 Å². The molecule has 2 unspecified atom stereocenters. The highest BCUT2D eigenvalue weighted by atomic mass is 19.4. The van der Waals surface area contributed by atoms with Crippen molar-refractivity contribution in [2.24, 2.45) is 5.92 Å². The molecule has 0 aliphatic carbocycles. The van der Waals surface area contributed by atoms with Gasteiger partial charge in [0.15, 0.2) is 17.2 Å². The van der Waals surface area contributed by atoms with E-state index in [4.69, 9.17) is 5.11 Å². The van der Waals surface area contributed by atoms with Gasteiger partial charge in [0.2, 0.25) is 5.82 Å². The minimum absolute atomic E-state index is 0.231. The van der Waals surface area contributed by atoms with Crippen molar-refractivity contribution in [1.29, 1.82) is 0 Å². The van der Waals surface area contributed by atoms with Crippen molar-refractivity contribution in [2.45, 2.75) is 18.7 Å². The maximum Gasteiger partial charge on any atom is 0.420 e. The van der Waals surface area contributed by atoms with Crippen LogP contribution in [0.4, 0.5) is 22.0 Å². The number of halogens is 5. The number of ether oxygens (including phenoxy) is 1. The molecule has 1 rings (SSSR count). The highest BCUT2D eigenvalue weighted by Crippen LogP contribution is 2.43. The molecular formula is C14H15F5O3. The van der Waals surface area contributed by atoms with Crippen molar-refractivity contribution in [3.63, 3.8) is 0 Å². The average molecular weight is 326 g/mol. The lowest BCUT2D eigenvalue weighted by atomic mass is 9.80. The Morgan fingerprint density at radius 3 is 2.27 bits per heavy atom. The molecule has 0 saturated carbocycles. The van der Waals surface area contributed by atoms with Gasteiger partial charge in [-0.05, 0) is 17.7 Å². The third-order valence-electron chi connectivity index (χ3n) is 3.57. The Balaban J connectivity index is 3.35. The first kappa shape index (κ1) is 18.4. The maximum absolute atomic E-state index is 13.6. The first-order chi connectivity index (χ1) is 10.0. The third kappa shape index (κ3) is 2.93. The molecule has 8 heteroatoms. The smallest absolute Gasteiger partial charge is 0.420 e. The normalized spacial score (nSPS) is 16.0. The van der Waals surface area contributed by atoms with Gasteiger partial charge in [0.1, 0.15) is 0 Å². The van der Waals surface area contributed by atoms with E-state index in [-0.39, 0.29) is 11.1 Å². The summed E-state index contributed by atoms with van der Waals surface area (Å²) in [7, 11) is 1.02. The van der Waals surface area contributed by atoms with Crippen molar-refractivity contribution >= 4 is 5.57 Å². The standard InChI is InChI=1S/C14H15F5O3/c1-7(8(2)13(21,6-20)14(17,18)19)9-4-5-10(15)11(16)12(9)22-3/h4-5,8,20-21H,1,6H2,2-3H3. The molecule has 0 spiro atoms. The Bertz CT molecular complexity index is 570. The number of methoxy groups -OCH3 is 1. The second-order valence-electron chi connectivity index (χ2n) is 4.77. The molecule has 0 aliphatic rings. The molecule has 0 saturated heterocycles. The fraction of sp³-hybridized carbons (Fsp3) is 0.429. The van der Waals surface area contributed by atoms with E-state index < -0.39 is 41.7 Å². The van der Waals surface area contributed by atoms with E-state index in [1.54, 1.807) is 0 Å². The van der Waals surface area contributed by atoms with Gasteiger partial charge in [-0.1, -0.05) is 13.5 Å². The highest BCUT2D eigenvalue weighted by Gasteiger charge is 2.57. The van der Waals surface area contributed by atoms with Gasteiger partial charge < -0.3 is 14.9 Å². The first-order valence-corrected chi connectivity index (χ1v) is 6.12. The predicted molar refractivity (Wildman–Crippen MR) is 69.2 cm³/mol. The first-order valence-electron chi connectivity index (χ1n) is 6.12. The number of hydrogen-bond donors (Lipinski definition) is 2. The van der Waals surface area contributed by atoms with Crippen LogP contribution in [-0.4, -0.2) is 35.7 Å². The fourth-order valence-corrected chi connectivity index (χ4v) is 1.98. The molecule has 22 heavy (non-hydrogen) atoms. The molecule has 0 fully saturated rings. The summed E-state index contributed by atoms with van der Waals surface area (Å²) in [5.74, 6) is -4.97. The lowest BCUT2D eigenvalue weighted by molar-refractivity contribution is -0.281. The highest BCUT2D eigenvalue weighted by molar-refractivity contribution is 5.71. The zero-order valence-electron chi connectivity index (χ0n) is 11.8. The lowest BCUT2D eigenvalue weighted by Gasteiger charge is -2.35. The summed E-state index contributed by atoms with van der Waals surface area (Å²) in [5.41, 5.74) is -4.06. The molecule has 0 amide bonds. The number of alkyl halides is 3. The summed E-state index contributed by atoms with van der Waals surface area (Å²) in [5, 5.41) is 18.6. The van der Waals surface area contributed by atoms with E-state index in [1.807, 2.05) is 0 Å². The molecule has 124 valence electrons. The van der Waals surface area contributed by atoms with Crippen LogP contribution >= 0.6 is 0 Å². The molecule has 1 aromatic rings. The van der Waals surface area contributed by atoms with Gasteiger partial charge in [-0.25, -0.2) is 4.39 Å². The van der Waals surface area contributed by atoms with E-state index in [9.17, 15) is 27.1 Å². The summed E-state index contributed by atoms with van der Waals surface area (Å²) < 4.78 is 70.3. The monoisotopic (exact) mass is 326 g/mol. The van der Waals surface area contributed by atoms with Crippen molar-refractivity contribution in [2.75, 3.05) is 13.7 Å². The Morgan fingerprint density at radius 1 is 1.32 bits per heavy atom. The number of rotatable bonds is 5. The number of aliphatic hydroxyl groups is 2. The van der Waals surface area contributed by atoms with Crippen LogP contribution in [0.25, 0.3) is 5.57 Å². The van der Waals surface area contributed by atoms with Gasteiger partial charge in [-0.15, -0.1) is 0 Å². The van der Waals surface area contributed by atoms with Crippen molar-refractivity contribution in [3.05, 3.63) is 35.9 Å². The second kappa shape index (κ2) is 6.21. The quantitative estimate of drug-likeness (QED) is 0.818. The molecular weight excluding hydrogens is 311 g/mol. The van der Waals surface area contributed by atoms with Crippen LogP contribution < -0.4 is 4.74 Å². The van der Waals surface area contributed by atoms with Crippen LogP contribution in [0, 0.1) is 17.6 Å². The molecule has 3 nitrogen and oxygen atoms in total. The number of aliphatic hydroxyl groups excluding tert-OH is 1. The molecule has 0 bridgehead atoms. The fourth-order valence-electron chi connectivity index (χ4n) is 1.98. The third-order valence-corrected chi connectivity index (χ3v) is 3.57. The van der Waals surface area contributed by atoms with Crippen molar-refractivity contribution in [1.82, 2.24) is 0 Å². The van der Waals surface area contributed by atoms with E-state index >= 15 is 0 Å². The van der Waals surface area contributed by atoms with Gasteiger partial charge in [0.05, 0.1) is 13.7 Å². The number of hydrogen-bond acceptors (Lipinski definition) is 3. The SMILES string of the molecule is C=C(c1ccc(F)c(F)c1OC)C(C)C(O)(CO)C(F)(F)F. The summed E-state index contributed by atoms with van der Waals surface area (Å²) >= 11 is 0. The Hall–Kier alpha value is -1.67. The Kier molecular flexibility index (Phi) is 5.19. The van der Waals surface area contributed by atoms with Gasteiger partial charge >= 0.3 is 6.18 Å². The van der Waals surface area contributed by atoms with Crippen molar-refractivity contribution < 1.29 is 36.9 Å². The van der Waals surface area contributed by atoms with Crippen LogP contribution in [0.5, 0.6) is 5.75 Å². The maximum atomic E-state index is 13.6. The zero-order valence-corrected chi connectivity index (χ0v) is 11.8. The minimum Gasteiger partial charge on any atom is -0.493 e. The Labute approximate surface area is 123 Å². The summed E-state index contributed by atoms with van der Waals surface area (Å²) in [6, 6.07) is 1.70. The molecule has 0 aliphatic heterocycles. The van der Waals surface area contributed by atoms with Gasteiger partial charge in [0, 0.05) is 11.5 Å². The topological polar surface area (TPSA) is 49.7 Å². The van der Waals surface area contributed by atoms with Crippen molar-refractivity contribution in [3.8, 4) is 5.75 Å². The van der Waals surface area contributed by atoms with E-state index in [0.29, 0.717) is 6.07 Å². The summed E-state index contributed by atoms with van der Waals surface area (Å²) in [4.78, 5) is 0. The van der Waals surface area contributed by atoms with E-state index in [1.165, 1.54) is 0 Å². The van der Waals surface area contributed by atoms with Crippen LogP contribution in [-0.2, 0) is 0 Å². The van der Waals surface area contributed by atoms with Crippen LogP contribution in [0.1, 0.15) is 12.5 Å². The molecule has 1 aromatic carbocycles. The second-order valence-corrected chi connectivity index (χ2v) is 4.77. The predicted octanol–water partition coefficient (Wildman–Crippen LogP) is 2.91. The van der Waals surface area contributed by atoms with E-state index in [2.05, 4.69) is 11.3 Å². The van der Waals surface area contributed by atoms with Crippen LogP contribution in [0.3, 0.4) is 0 Å². The number of benzene rings is 1. The molecule has 2 N–H and O–H groups in total. The summed E-state index contributed by atoms with van der Waals surface area (Å²) in [6.45, 7) is 2.75. The summed E-state index contributed by atoms with van der Waals surface area (Å²) in [6.07, 6.45) is -5.14. The minimum atomic E-state index is -5.14. The van der Waals surface area contributed by atoms with E-state index in [0.717, 1.165) is 20.1 Å². The largest absolute Gasteiger partial charge is 0.493 e. The Morgan fingerprint density at radius 2 is 1.86 bits per heavy atom. The molecule has 2 atom stereocenters. The molecule has 0 aromatic heterocycles. The molecule has 0 heterocycles. The lowest BCUT2D eigenvalue weighted by Crippen LogP contribution is -2.53. The van der Waals surface area contributed by atoms with Gasteiger partial charge in [-0.2, -0.15) is 17.6 Å². The zero-order chi connectivity index (χ0) is 17.3. The average Bonchev–Trinajstić information content (AvgIpc) is 2.46. The van der Waals surface area contributed by atoms with Crippen LogP contribution in [0.15, 0.2) is 18.7 Å². The van der Waals surface area contributed by atoms with Gasteiger partial charge in [-0.3, -0.25) is 0 Å².